The van der Waals surface area contributed by atoms with E-state index in [2.05, 4.69) is 39.5 Å². The summed E-state index contributed by atoms with van der Waals surface area (Å²) in [6.45, 7) is 12.3. The molecule has 62 valence electrons. The first-order valence-electron chi connectivity index (χ1n) is 3.85. The second-order valence-corrected chi connectivity index (χ2v) is 3.02. The molecule has 0 bridgehead atoms. The van der Waals surface area contributed by atoms with Gasteiger partial charge in [0.15, 0.2) is 17.4 Å². The Hall–Kier alpha value is 0.492. The normalized spacial score (nSPS) is 10.8. The molecule has 10 heavy (non-hydrogen) atoms. The molecule has 0 heterocycles. The van der Waals surface area contributed by atoms with Crippen molar-refractivity contribution in [2.45, 2.75) is 46.7 Å². The molecule has 0 saturated carbocycles. The molecule has 0 atom stereocenters. The number of nitrogens with zero attached hydrogens (tertiary/aromatic N) is 1. The molecule has 0 aliphatic rings. The first kappa shape index (κ1) is 13.1. The summed E-state index contributed by atoms with van der Waals surface area (Å²) in [6.07, 6.45) is 0. The van der Waals surface area contributed by atoms with E-state index in [0.717, 1.165) is 6.54 Å². The van der Waals surface area contributed by atoms with Gasteiger partial charge in [-0.15, -0.1) is 0 Å². The minimum atomic E-state index is 0. The van der Waals surface area contributed by atoms with Crippen molar-refractivity contribution in [1.29, 1.82) is 0 Å². The van der Waals surface area contributed by atoms with Crippen molar-refractivity contribution < 1.29 is 0 Å². The molecule has 0 spiro atoms. The Morgan fingerprint density at radius 1 is 1.00 bits per heavy atom. The lowest BCUT2D eigenvalue weighted by atomic mass is 10.2. The Kier molecular flexibility index (Phi) is 8.15. The predicted molar refractivity (Wildman–Crippen MR) is 52.6 cm³/mol. The molecule has 0 aromatic rings. The highest BCUT2D eigenvalue weighted by Gasteiger charge is 2.08. The Morgan fingerprint density at radius 2 is 1.30 bits per heavy atom. The fourth-order valence-electron chi connectivity index (χ4n) is 1.33. The summed E-state index contributed by atoms with van der Waals surface area (Å²) in [5, 5.41) is 0. The van der Waals surface area contributed by atoms with Gasteiger partial charge < -0.3 is 0 Å². The lowest BCUT2D eigenvalue weighted by molar-refractivity contribution is 0.185. The average molecular weight is 159 g/mol. The maximum absolute atomic E-state index is 2.46. The van der Waals surface area contributed by atoms with Gasteiger partial charge in [-0.05, 0) is 34.2 Å². The van der Waals surface area contributed by atoms with Crippen LogP contribution in [0.3, 0.4) is 0 Å². The average Bonchev–Trinajstić information content (AvgIpc) is 1.64. The van der Waals surface area contributed by atoms with Crippen LogP contribution >= 0.6 is 0 Å². The zero-order valence-corrected chi connectivity index (χ0v) is 7.31. The highest BCUT2D eigenvalue weighted by atomic mass is 27.0. The molecule has 0 unspecified atom stereocenters. The van der Waals surface area contributed by atoms with Gasteiger partial charge in [0.05, 0.1) is 0 Å². The van der Waals surface area contributed by atoms with E-state index in [1.807, 2.05) is 0 Å². The third-order valence-electron chi connectivity index (χ3n) is 1.69. The van der Waals surface area contributed by atoms with E-state index in [0.29, 0.717) is 12.1 Å². The van der Waals surface area contributed by atoms with Gasteiger partial charge in [-0.2, -0.15) is 0 Å². The third kappa shape index (κ3) is 4.33. The highest BCUT2D eigenvalue weighted by Crippen LogP contribution is 2.02. The van der Waals surface area contributed by atoms with Gasteiger partial charge in [-0.1, -0.05) is 6.92 Å². The number of hydrogen-bond acceptors (Lipinski definition) is 1. The molecule has 0 saturated heterocycles. The van der Waals surface area contributed by atoms with Crippen molar-refractivity contribution in [2.75, 3.05) is 6.54 Å². The van der Waals surface area contributed by atoms with Crippen LogP contribution in [0.1, 0.15) is 34.6 Å². The van der Waals surface area contributed by atoms with E-state index in [1.165, 1.54) is 0 Å². The lowest BCUT2D eigenvalue weighted by Gasteiger charge is -2.28. The minimum absolute atomic E-state index is 0. The predicted octanol–water partition coefficient (Wildman–Crippen LogP) is 0.941. The van der Waals surface area contributed by atoms with Gasteiger partial charge in [0, 0.05) is 12.1 Å². The second-order valence-electron chi connectivity index (χ2n) is 3.02. The molecular formula is C8H22AlN. The Labute approximate surface area is 75.9 Å². The summed E-state index contributed by atoms with van der Waals surface area (Å²) in [5.41, 5.74) is 0. The first-order valence-corrected chi connectivity index (χ1v) is 3.85. The van der Waals surface area contributed by atoms with Gasteiger partial charge in [0.1, 0.15) is 0 Å². The topological polar surface area (TPSA) is 3.24 Å². The van der Waals surface area contributed by atoms with Gasteiger partial charge >= 0.3 is 0 Å². The summed E-state index contributed by atoms with van der Waals surface area (Å²) in [5.74, 6) is 0. The summed E-state index contributed by atoms with van der Waals surface area (Å²) < 4.78 is 0. The summed E-state index contributed by atoms with van der Waals surface area (Å²) in [7, 11) is 0. The smallest absolute Gasteiger partial charge is 0.187 e. The first-order chi connectivity index (χ1) is 4.09. The van der Waals surface area contributed by atoms with Crippen molar-refractivity contribution in [1.82, 2.24) is 4.90 Å². The zero-order chi connectivity index (χ0) is 7.44. The monoisotopic (exact) mass is 159 g/mol. The SMILES string of the molecule is CCN(C(C)C)C(C)C.[AlH3]. The molecule has 0 amide bonds. The van der Waals surface area contributed by atoms with E-state index in [-0.39, 0.29) is 17.4 Å². The van der Waals surface area contributed by atoms with Crippen molar-refractivity contribution in [3.63, 3.8) is 0 Å². The molecule has 1 nitrogen and oxygen atoms in total. The molecule has 0 rings (SSSR count). The van der Waals surface area contributed by atoms with Crippen LogP contribution in [-0.4, -0.2) is 40.9 Å². The quantitative estimate of drug-likeness (QED) is 0.554. The Morgan fingerprint density at radius 3 is 1.30 bits per heavy atom. The van der Waals surface area contributed by atoms with Crippen LogP contribution in [0.2, 0.25) is 0 Å². The number of rotatable bonds is 3. The molecule has 0 aliphatic carbocycles. The maximum atomic E-state index is 2.46. The summed E-state index contributed by atoms with van der Waals surface area (Å²) in [4.78, 5) is 2.46. The number of hydrogen-bond donors (Lipinski definition) is 0. The Balaban J connectivity index is 0. The zero-order valence-electron chi connectivity index (χ0n) is 7.31. The van der Waals surface area contributed by atoms with Gasteiger partial charge in [0.25, 0.3) is 0 Å². The maximum Gasteiger partial charge on any atom is 0.187 e. The minimum Gasteiger partial charge on any atom is -0.299 e. The van der Waals surface area contributed by atoms with E-state index in [1.54, 1.807) is 0 Å². The van der Waals surface area contributed by atoms with Crippen LogP contribution in [0.4, 0.5) is 0 Å². The van der Waals surface area contributed by atoms with Gasteiger partial charge in [0.2, 0.25) is 0 Å². The molecule has 2 heteroatoms. The Bertz CT molecular complexity index is 63.7. The van der Waals surface area contributed by atoms with E-state index >= 15 is 0 Å². The van der Waals surface area contributed by atoms with Crippen molar-refractivity contribution in [2.24, 2.45) is 0 Å². The van der Waals surface area contributed by atoms with Crippen molar-refractivity contribution in [3.05, 3.63) is 0 Å². The van der Waals surface area contributed by atoms with Crippen LogP contribution in [0, 0.1) is 0 Å². The molecule has 0 radical (unpaired) electrons. The second kappa shape index (κ2) is 6.22. The fourth-order valence-corrected chi connectivity index (χ4v) is 1.33. The van der Waals surface area contributed by atoms with Gasteiger partial charge in [-0.25, -0.2) is 0 Å². The van der Waals surface area contributed by atoms with Crippen LogP contribution < -0.4 is 0 Å². The summed E-state index contributed by atoms with van der Waals surface area (Å²) >= 11 is 0. The van der Waals surface area contributed by atoms with Crippen LogP contribution in [0.15, 0.2) is 0 Å². The van der Waals surface area contributed by atoms with Crippen LogP contribution in [0.5, 0.6) is 0 Å². The fraction of sp³-hybridized carbons (Fsp3) is 1.00. The highest BCUT2D eigenvalue weighted by molar-refractivity contribution is 5.75. The molecule has 0 aromatic carbocycles. The standard InChI is InChI=1S/C8H19N.Al.3H/c1-6-9(7(2)3)8(4)5;;;;/h7-8H,6H2,1-5H3;;;;. The summed E-state index contributed by atoms with van der Waals surface area (Å²) in [6, 6.07) is 1.38. The van der Waals surface area contributed by atoms with E-state index < -0.39 is 0 Å². The van der Waals surface area contributed by atoms with Gasteiger partial charge in [-0.3, -0.25) is 4.90 Å². The van der Waals surface area contributed by atoms with Crippen molar-refractivity contribution >= 4 is 17.4 Å². The largest absolute Gasteiger partial charge is 0.299 e. The molecule has 0 fully saturated rings. The molecule has 0 aromatic heterocycles. The van der Waals surface area contributed by atoms with Crippen LogP contribution in [-0.2, 0) is 0 Å². The molecule has 0 aliphatic heterocycles. The third-order valence-corrected chi connectivity index (χ3v) is 1.69. The molecule has 0 N–H and O–H groups in total. The van der Waals surface area contributed by atoms with E-state index in [9.17, 15) is 0 Å². The molecular weight excluding hydrogens is 137 g/mol. The lowest BCUT2D eigenvalue weighted by Crippen LogP contribution is -2.36. The van der Waals surface area contributed by atoms with Crippen molar-refractivity contribution in [3.8, 4) is 0 Å². The van der Waals surface area contributed by atoms with Crippen LogP contribution in [0.25, 0.3) is 0 Å². The van der Waals surface area contributed by atoms with E-state index in [4.69, 9.17) is 0 Å².